The Bertz CT molecular complexity index is 999. The molecule has 2 aromatic carbocycles. The Labute approximate surface area is 181 Å². The van der Waals surface area contributed by atoms with Crippen LogP contribution in [0, 0.1) is 5.92 Å². The first-order chi connectivity index (χ1) is 15.1. The number of aliphatic carboxylic acids is 1. The molecule has 0 bridgehead atoms. The second-order valence-electron chi connectivity index (χ2n) is 7.99. The Morgan fingerprint density at radius 3 is 2.32 bits per heavy atom. The molecule has 162 valence electrons. The van der Waals surface area contributed by atoms with Gasteiger partial charge in [-0.25, -0.2) is 4.79 Å². The average Bonchev–Trinajstić information content (AvgIpc) is 3.27. The average molecular weight is 422 g/mol. The molecular weight excluding hydrogens is 396 g/mol. The number of benzene rings is 2. The van der Waals surface area contributed by atoms with Crippen LogP contribution in [0.2, 0.25) is 0 Å². The molecule has 0 amide bonds. The van der Waals surface area contributed by atoms with Crippen molar-refractivity contribution in [3.05, 3.63) is 59.2 Å². The molecule has 0 saturated heterocycles. The van der Waals surface area contributed by atoms with E-state index in [4.69, 9.17) is 14.2 Å². The van der Waals surface area contributed by atoms with Crippen LogP contribution in [0.4, 0.5) is 0 Å². The maximum Gasteiger partial charge on any atom is 0.336 e. The molecule has 0 aromatic heterocycles. The molecule has 1 aliphatic carbocycles. The van der Waals surface area contributed by atoms with Gasteiger partial charge in [0.25, 0.3) is 0 Å². The Morgan fingerprint density at radius 1 is 0.968 bits per heavy atom. The molecule has 6 nitrogen and oxygen atoms in total. The highest BCUT2D eigenvalue weighted by atomic mass is 16.7. The molecule has 31 heavy (non-hydrogen) atoms. The summed E-state index contributed by atoms with van der Waals surface area (Å²) in [5.74, 6) is 0.627. The molecule has 0 unspecified atom stereocenters. The summed E-state index contributed by atoms with van der Waals surface area (Å²) in [6, 6.07) is 11.8. The summed E-state index contributed by atoms with van der Waals surface area (Å²) in [7, 11) is 1.56. The maximum atomic E-state index is 13.6. The number of rotatable bonds is 7. The predicted octanol–water partition coefficient (Wildman–Crippen LogP) is 5.12. The number of hydrogen-bond donors (Lipinski definition) is 1. The summed E-state index contributed by atoms with van der Waals surface area (Å²) < 4.78 is 16.0. The van der Waals surface area contributed by atoms with Crippen molar-refractivity contribution in [3.8, 4) is 17.2 Å². The first kappa shape index (κ1) is 21.0. The summed E-state index contributed by atoms with van der Waals surface area (Å²) in [6.07, 6.45) is 5.87. The Balaban J connectivity index is 1.79. The van der Waals surface area contributed by atoms with Crippen molar-refractivity contribution in [2.75, 3.05) is 13.9 Å². The van der Waals surface area contributed by atoms with E-state index >= 15 is 0 Å². The molecule has 1 saturated carbocycles. The Kier molecular flexibility index (Phi) is 6.26. The summed E-state index contributed by atoms with van der Waals surface area (Å²) >= 11 is 0. The number of ether oxygens (including phenoxy) is 3. The van der Waals surface area contributed by atoms with E-state index in [1.54, 1.807) is 49.6 Å². The van der Waals surface area contributed by atoms with Crippen molar-refractivity contribution < 1.29 is 28.9 Å². The molecule has 6 heteroatoms. The molecule has 0 radical (unpaired) electrons. The fourth-order valence-corrected chi connectivity index (χ4v) is 4.38. The topological polar surface area (TPSA) is 82.1 Å². The quantitative estimate of drug-likeness (QED) is 0.493. The summed E-state index contributed by atoms with van der Waals surface area (Å²) in [5, 5.41) is 10.2. The zero-order valence-electron chi connectivity index (χ0n) is 17.6. The standard InChI is InChI=1S/C25H26O6/c1-29-19-10-7-17(8-11-19)24(26)20(13-16-5-3-2-4-6-16)23(25(27)28)18-9-12-21-22(14-18)31-15-30-21/h7-12,14,16H,2-6,13,15H2,1H3,(H,27,28)/b23-20+. The van der Waals surface area contributed by atoms with Crippen molar-refractivity contribution in [3.63, 3.8) is 0 Å². The molecule has 4 rings (SSSR count). The van der Waals surface area contributed by atoms with E-state index in [0.29, 0.717) is 46.3 Å². The van der Waals surface area contributed by atoms with Crippen LogP contribution in [0.3, 0.4) is 0 Å². The number of fused-ring (bicyclic) bond motifs is 1. The minimum absolute atomic E-state index is 0.0321. The first-order valence-corrected chi connectivity index (χ1v) is 10.6. The first-order valence-electron chi connectivity index (χ1n) is 10.6. The van der Waals surface area contributed by atoms with Crippen LogP contribution in [-0.2, 0) is 4.79 Å². The predicted molar refractivity (Wildman–Crippen MR) is 116 cm³/mol. The third-order valence-electron chi connectivity index (χ3n) is 6.02. The van der Waals surface area contributed by atoms with Crippen LogP contribution in [0.25, 0.3) is 5.57 Å². The molecule has 0 spiro atoms. The monoisotopic (exact) mass is 422 g/mol. The molecule has 1 N–H and O–H groups in total. The van der Waals surface area contributed by atoms with Crippen molar-refractivity contribution in [2.24, 2.45) is 5.92 Å². The maximum absolute atomic E-state index is 13.6. The zero-order valence-corrected chi connectivity index (χ0v) is 17.6. The van der Waals surface area contributed by atoms with E-state index < -0.39 is 5.97 Å². The molecule has 1 fully saturated rings. The zero-order chi connectivity index (χ0) is 21.8. The second-order valence-corrected chi connectivity index (χ2v) is 7.99. The van der Waals surface area contributed by atoms with E-state index in [1.165, 1.54) is 6.42 Å². The Hall–Kier alpha value is -3.28. The highest BCUT2D eigenvalue weighted by Crippen LogP contribution is 2.38. The van der Waals surface area contributed by atoms with Crippen LogP contribution in [-0.4, -0.2) is 30.8 Å². The number of carboxylic acid groups (broad SMARTS) is 1. The van der Waals surface area contributed by atoms with Crippen molar-refractivity contribution in [1.82, 2.24) is 0 Å². The number of ketones is 1. The van der Waals surface area contributed by atoms with Gasteiger partial charge in [-0.1, -0.05) is 38.2 Å². The van der Waals surface area contributed by atoms with Gasteiger partial charge < -0.3 is 19.3 Å². The van der Waals surface area contributed by atoms with Crippen molar-refractivity contribution in [1.29, 1.82) is 0 Å². The minimum atomic E-state index is -1.12. The highest BCUT2D eigenvalue weighted by molar-refractivity contribution is 6.26. The number of carboxylic acids is 1. The van der Waals surface area contributed by atoms with Gasteiger partial charge in [0, 0.05) is 11.1 Å². The number of carbonyl (C=O) groups is 2. The summed E-state index contributed by atoms with van der Waals surface area (Å²) in [4.78, 5) is 26.0. The third kappa shape index (κ3) is 4.58. The van der Waals surface area contributed by atoms with Gasteiger partial charge in [0.15, 0.2) is 17.3 Å². The van der Waals surface area contributed by atoms with Gasteiger partial charge in [0.2, 0.25) is 6.79 Å². The molecule has 1 aliphatic heterocycles. The van der Waals surface area contributed by atoms with Gasteiger partial charge in [0.05, 0.1) is 12.7 Å². The lowest BCUT2D eigenvalue weighted by Crippen LogP contribution is -2.16. The third-order valence-corrected chi connectivity index (χ3v) is 6.02. The minimum Gasteiger partial charge on any atom is -0.497 e. The van der Waals surface area contributed by atoms with Crippen molar-refractivity contribution >= 4 is 17.3 Å². The second kappa shape index (κ2) is 9.25. The van der Waals surface area contributed by atoms with Crippen LogP contribution < -0.4 is 14.2 Å². The lowest BCUT2D eigenvalue weighted by molar-refractivity contribution is -0.130. The highest BCUT2D eigenvalue weighted by Gasteiger charge is 2.28. The normalized spacial score (nSPS) is 16.5. The van der Waals surface area contributed by atoms with Gasteiger partial charge in [-0.15, -0.1) is 0 Å². The van der Waals surface area contributed by atoms with Crippen molar-refractivity contribution in [2.45, 2.75) is 38.5 Å². The largest absolute Gasteiger partial charge is 0.497 e. The molecular formula is C25H26O6. The number of carbonyl (C=O) groups excluding carboxylic acids is 1. The number of hydrogen-bond acceptors (Lipinski definition) is 5. The molecule has 1 heterocycles. The molecule has 2 aliphatic rings. The van der Waals surface area contributed by atoms with Crippen LogP contribution in [0.5, 0.6) is 17.2 Å². The van der Waals surface area contributed by atoms with E-state index in [2.05, 4.69) is 0 Å². The van der Waals surface area contributed by atoms with E-state index in [0.717, 1.165) is 25.7 Å². The van der Waals surface area contributed by atoms with E-state index in [9.17, 15) is 14.7 Å². The lowest BCUT2D eigenvalue weighted by atomic mass is 9.81. The van der Waals surface area contributed by atoms with Crippen LogP contribution >= 0.6 is 0 Å². The fourth-order valence-electron chi connectivity index (χ4n) is 4.38. The lowest BCUT2D eigenvalue weighted by Gasteiger charge is -2.23. The van der Waals surface area contributed by atoms with Gasteiger partial charge in [-0.3, -0.25) is 4.79 Å². The van der Waals surface area contributed by atoms with Gasteiger partial charge in [-0.05, 0) is 54.3 Å². The number of Topliss-reactive ketones (excluding diaryl/α,β-unsaturated/α-hetero) is 1. The molecule has 2 aromatic rings. The van der Waals surface area contributed by atoms with Gasteiger partial charge in [0.1, 0.15) is 5.75 Å². The Morgan fingerprint density at radius 2 is 1.65 bits per heavy atom. The molecule has 0 atom stereocenters. The van der Waals surface area contributed by atoms with Crippen LogP contribution in [0.1, 0.15) is 54.4 Å². The van der Waals surface area contributed by atoms with E-state index in [1.807, 2.05) is 0 Å². The SMILES string of the molecule is COc1ccc(C(=O)/C(CC2CCCCC2)=C(/C(=O)O)c2ccc3c(c2)OCO3)cc1. The summed E-state index contributed by atoms with van der Waals surface area (Å²) in [6.45, 7) is 0.102. The fraction of sp³-hybridized carbons (Fsp3) is 0.360. The number of methoxy groups -OCH3 is 1. The summed E-state index contributed by atoms with van der Waals surface area (Å²) in [5.41, 5.74) is 1.27. The van der Waals surface area contributed by atoms with Crippen LogP contribution in [0.15, 0.2) is 48.0 Å². The van der Waals surface area contributed by atoms with Gasteiger partial charge in [-0.2, -0.15) is 0 Å². The van der Waals surface area contributed by atoms with E-state index in [-0.39, 0.29) is 18.1 Å². The van der Waals surface area contributed by atoms with Gasteiger partial charge >= 0.3 is 5.97 Å². The smallest absolute Gasteiger partial charge is 0.336 e. The number of allylic oxidation sites excluding steroid dienone is 1.